The van der Waals surface area contributed by atoms with Crippen LogP contribution in [-0.2, 0) is 6.42 Å². The lowest BCUT2D eigenvalue weighted by atomic mass is 9.94. The molecule has 1 saturated heterocycles. The number of pyridine rings is 2. The third-order valence-corrected chi connectivity index (χ3v) is 6.54. The van der Waals surface area contributed by atoms with Crippen LogP contribution in [0.3, 0.4) is 0 Å². The van der Waals surface area contributed by atoms with Crippen LogP contribution in [0.5, 0.6) is 0 Å². The van der Waals surface area contributed by atoms with Gasteiger partial charge in [-0.1, -0.05) is 6.07 Å². The second-order valence-corrected chi connectivity index (χ2v) is 9.03. The summed E-state index contributed by atoms with van der Waals surface area (Å²) in [6.45, 7) is 2.89. The van der Waals surface area contributed by atoms with Gasteiger partial charge in [0.1, 0.15) is 11.5 Å². The van der Waals surface area contributed by atoms with Crippen LogP contribution in [0, 0.1) is 11.3 Å². The predicted molar refractivity (Wildman–Crippen MR) is 129 cm³/mol. The second-order valence-electron chi connectivity index (χ2n) is 8.18. The Bertz CT molecular complexity index is 1110. The average molecular weight is 462 g/mol. The van der Waals surface area contributed by atoms with E-state index in [1.54, 1.807) is 29.7 Å². The number of piperidine rings is 1. The molecule has 0 aromatic carbocycles. The zero-order valence-corrected chi connectivity index (χ0v) is 19.5. The standard InChI is InChI=1S/C24H27N7OS/c1-30(14-9-18-7-11-26-12-8-18)23(32)21-17-33-24(28-21)29-22-6-2-5-20(27-22)19-4-3-13-31(16-19)15-10-25/h2,5-8,11-12,17,19H,3-4,9,13-16H2,1H3,(H,27,28,29)/t19-/m0/s1. The maximum absolute atomic E-state index is 12.8. The fourth-order valence-corrected chi connectivity index (χ4v) is 4.66. The lowest BCUT2D eigenvalue weighted by Gasteiger charge is -2.30. The zero-order chi connectivity index (χ0) is 23.0. The molecule has 0 aliphatic carbocycles. The number of nitrogens with zero attached hydrogens (tertiary/aromatic N) is 6. The monoisotopic (exact) mass is 461 g/mol. The molecule has 4 heterocycles. The summed E-state index contributed by atoms with van der Waals surface area (Å²) in [6, 6.07) is 12.1. The number of likely N-dealkylation sites (tertiary alicyclic amines) is 1. The number of amides is 1. The number of rotatable bonds is 8. The first kappa shape index (κ1) is 22.8. The highest BCUT2D eigenvalue weighted by Crippen LogP contribution is 2.27. The number of aromatic nitrogens is 3. The van der Waals surface area contributed by atoms with Gasteiger partial charge in [-0.05, 0) is 55.6 Å². The van der Waals surface area contributed by atoms with Crippen molar-refractivity contribution in [1.29, 1.82) is 5.26 Å². The Labute approximate surface area is 197 Å². The first-order chi connectivity index (χ1) is 16.1. The summed E-state index contributed by atoms with van der Waals surface area (Å²) in [4.78, 5) is 29.9. The van der Waals surface area contributed by atoms with Crippen molar-refractivity contribution in [2.24, 2.45) is 0 Å². The molecule has 1 aliphatic rings. The van der Waals surface area contributed by atoms with E-state index in [1.165, 1.54) is 11.3 Å². The Hall–Kier alpha value is -3.35. The van der Waals surface area contributed by atoms with Gasteiger partial charge in [0.2, 0.25) is 0 Å². The summed E-state index contributed by atoms with van der Waals surface area (Å²) >= 11 is 1.39. The van der Waals surface area contributed by atoms with Crippen molar-refractivity contribution in [3.8, 4) is 6.07 Å². The minimum Gasteiger partial charge on any atom is -0.340 e. The molecule has 0 unspecified atom stereocenters. The van der Waals surface area contributed by atoms with E-state index in [-0.39, 0.29) is 5.91 Å². The number of nitrogens with one attached hydrogen (secondary N) is 1. The highest BCUT2D eigenvalue weighted by atomic mass is 32.1. The number of carbonyl (C=O) groups is 1. The van der Waals surface area contributed by atoms with Crippen LogP contribution >= 0.6 is 11.3 Å². The molecule has 170 valence electrons. The molecule has 1 atom stereocenters. The molecule has 33 heavy (non-hydrogen) atoms. The van der Waals surface area contributed by atoms with Gasteiger partial charge in [-0.25, -0.2) is 9.97 Å². The Morgan fingerprint density at radius 1 is 1.30 bits per heavy atom. The number of thiazole rings is 1. The molecule has 0 saturated carbocycles. The number of likely N-dealkylation sites (N-methyl/N-ethyl adjacent to an activating group) is 1. The van der Waals surface area contributed by atoms with Gasteiger partial charge in [0.15, 0.2) is 5.13 Å². The molecule has 3 aromatic rings. The Balaban J connectivity index is 1.36. The van der Waals surface area contributed by atoms with Gasteiger partial charge in [-0.2, -0.15) is 5.26 Å². The van der Waals surface area contributed by atoms with E-state index in [0.29, 0.717) is 35.7 Å². The Morgan fingerprint density at radius 2 is 2.15 bits per heavy atom. The van der Waals surface area contributed by atoms with Crippen LogP contribution in [-0.4, -0.2) is 63.9 Å². The number of hydrogen-bond donors (Lipinski definition) is 1. The molecule has 3 aromatic heterocycles. The van der Waals surface area contributed by atoms with Gasteiger partial charge in [-0.3, -0.25) is 14.7 Å². The first-order valence-electron chi connectivity index (χ1n) is 11.1. The highest BCUT2D eigenvalue weighted by molar-refractivity contribution is 7.14. The van der Waals surface area contributed by atoms with Gasteiger partial charge in [0.25, 0.3) is 5.91 Å². The van der Waals surface area contributed by atoms with Gasteiger partial charge in [0.05, 0.1) is 12.6 Å². The molecule has 1 amide bonds. The predicted octanol–water partition coefficient (Wildman–Crippen LogP) is 3.69. The van der Waals surface area contributed by atoms with E-state index >= 15 is 0 Å². The van der Waals surface area contributed by atoms with Crippen molar-refractivity contribution >= 4 is 28.2 Å². The molecule has 1 N–H and O–H groups in total. The minimum absolute atomic E-state index is 0.102. The van der Waals surface area contributed by atoms with Crippen LogP contribution < -0.4 is 5.32 Å². The van der Waals surface area contributed by atoms with Crippen molar-refractivity contribution in [1.82, 2.24) is 24.8 Å². The molecule has 0 bridgehead atoms. The van der Waals surface area contributed by atoms with Gasteiger partial charge in [0, 0.05) is 49.5 Å². The normalized spacial score (nSPS) is 16.2. The summed E-state index contributed by atoms with van der Waals surface area (Å²) in [7, 11) is 1.79. The number of carbonyl (C=O) groups excluding carboxylic acids is 1. The largest absolute Gasteiger partial charge is 0.340 e. The molecule has 8 nitrogen and oxygen atoms in total. The molecule has 0 radical (unpaired) electrons. The lowest BCUT2D eigenvalue weighted by molar-refractivity contribution is 0.0792. The van der Waals surface area contributed by atoms with Crippen LogP contribution in [0.25, 0.3) is 0 Å². The molecular weight excluding hydrogens is 434 g/mol. The lowest BCUT2D eigenvalue weighted by Crippen LogP contribution is -2.34. The molecule has 1 aliphatic heterocycles. The molecule has 1 fully saturated rings. The smallest absolute Gasteiger partial charge is 0.273 e. The van der Waals surface area contributed by atoms with Crippen molar-refractivity contribution in [2.45, 2.75) is 25.2 Å². The van der Waals surface area contributed by atoms with Crippen molar-refractivity contribution in [3.05, 3.63) is 65.1 Å². The SMILES string of the molecule is CN(CCc1ccncc1)C(=O)c1csc(Nc2cccc([C@H]3CCCN(CC#N)C3)n2)n1. The van der Waals surface area contributed by atoms with Gasteiger partial charge in [-0.15, -0.1) is 11.3 Å². The van der Waals surface area contributed by atoms with Gasteiger partial charge >= 0.3 is 0 Å². The van der Waals surface area contributed by atoms with Crippen LogP contribution in [0.1, 0.15) is 40.5 Å². The Morgan fingerprint density at radius 3 is 2.97 bits per heavy atom. The maximum Gasteiger partial charge on any atom is 0.273 e. The number of hydrogen-bond acceptors (Lipinski definition) is 8. The third-order valence-electron chi connectivity index (χ3n) is 5.78. The van der Waals surface area contributed by atoms with E-state index in [4.69, 9.17) is 10.2 Å². The highest BCUT2D eigenvalue weighted by Gasteiger charge is 2.22. The van der Waals surface area contributed by atoms with Crippen LogP contribution in [0.4, 0.5) is 10.9 Å². The van der Waals surface area contributed by atoms with E-state index in [9.17, 15) is 4.79 Å². The molecule has 4 rings (SSSR count). The van der Waals surface area contributed by atoms with E-state index < -0.39 is 0 Å². The molecule has 0 spiro atoms. The summed E-state index contributed by atoms with van der Waals surface area (Å²) in [6.07, 6.45) is 6.42. The first-order valence-corrected chi connectivity index (χ1v) is 11.9. The quantitative estimate of drug-likeness (QED) is 0.511. The average Bonchev–Trinajstić information content (AvgIpc) is 3.31. The summed E-state index contributed by atoms with van der Waals surface area (Å²) < 4.78 is 0. The van der Waals surface area contributed by atoms with E-state index in [0.717, 1.165) is 43.6 Å². The van der Waals surface area contributed by atoms with Crippen molar-refractivity contribution in [3.63, 3.8) is 0 Å². The van der Waals surface area contributed by atoms with Crippen LogP contribution in [0.2, 0.25) is 0 Å². The fraction of sp³-hybridized carbons (Fsp3) is 0.375. The van der Waals surface area contributed by atoms with Gasteiger partial charge < -0.3 is 10.2 Å². The fourth-order valence-electron chi connectivity index (χ4n) is 3.97. The minimum atomic E-state index is -0.102. The zero-order valence-electron chi connectivity index (χ0n) is 18.6. The second kappa shape index (κ2) is 11.0. The Kier molecular flexibility index (Phi) is 7.60. The topological polar surface area (TPSA) is 98.0 Å². The molecular formula is C24H27N7OS. The van der Waals surface area contributed by atoms with Crippen molar-refractivity contribution in [2.75, 3.05) is 38.5 Å². The van der Waals surface area contributed by atoms with Crippen molar-refractivity contribution < 1.29 is 4.79 Å². The molecule has 9 heteroatoms. The summed E-state index contributed by atoms with van der Waals surface area (Å²) in [5.41, 5.74) is 2.59. The van der Waals surface area contributed by atoms with E-state index in [1.807, 2.05) is 30.3 Å². The van der Waals surface area contributed by atoms with E-state index in [2.05, 4.69) is 26.3 Å². The van der Waals surface area contributed by atoms with Crippen LogP contribution in [0.15, 0.2) is 48.1 Å². The number of anilines is 2. The number of nitriles is 1. The third kappa shape index (κ3) is 6.12. The maximum atomic E-state index is 12.8. The summed E-state index contributed by atoms with van der Waals surface area (Å²) in [5, 5.41) is 14.6. The summed E-state index contributed by atoms with van der Waals surface area (Å²) in [5.74, 6) is 0.926.